The summed E-state index contributed by atoms with van der Waals surface area (Å²) in [6.07, 6.45) is 7.70. The highest BCUT2D eigenvalue weighted by Gasteiger charge is 2.21. The number of aromatic nitrogens is 2. The van der Waals surface area contributed by atoms with Gasteiger partial charge in [-0.3, -0.25) is 0 Å². The second-order valence-electron chi connectivity index (χ2n) is 8.68. The Morgan fingerprint density at radius 3 is 1.76 bits per heavy atom. The quantitative estimate of drug-likeness (QED) is 0.368. The molecule has 0 aliphatic rings. The van der Waals surface area contributed by atoms with E-state index in [1.165, 1.54) is 21.8 Å². The Labute approximate surface area is 173 Å². The third-order valence-corrected chi connectivity index (χ3v) is 6.45. The first-order valence-corrected chi connectivity index (χ1v) is 10.8. The minimum absolute atomic E-state index is 0.228. The summed E-state index contributed by atoms with van der Waals surface area (Å²) in [7, 11) is 0. The number of hydrogen-bond acceptors (Lipinski definition) is 1. The van der Waals surface area contributed by atoms with Gasteiger partial charge in [-0.25, -0.2) is 0 Å². The van der Waals surface area contributed by atoms with Crippen molar-refractivity contribution in [3.05, 3.63) is 73.1 Å². The lowest BCUT2D eigenvalue weighted by Crippen LogP contribution is -2.20. The van der Waals surface area contributed by atoms with Crippen LogP contribution in [0.2, 0.25) is 0 Å². The first-order valence-electron chi connectivity index (χ1n) is 10.8. The molecule has 0 amide bonds. The van der Waals surface area contributed by atoms with Crippen LogP contribution in [0.15, 0.2) is 73.1 Å². The number of aliphatic hydroxyl groups excluding tert-OH is 1. The van der Waals surface area contributed by atoms with Crippen LogP contribution in [-0.2, 0) is 0 Å². The molecule has 4 aromatic rings. The summed E-state index contributed by atoms with van der Waals surface area (Å²) in [4.78, 5) is 0. The molecule has 2 aromatic carbocycles. The maximum Gasteiger partial charge on any atom is 0.110 e. The Morgan fingerprint density at radius 1 is 0.724 bits per heavy atom. The van der Waals surface area contributed by atoms with Crippen molar-refractivity contribution in [1.82, 2.24) is 9.13 Å². The van der Waals surface area contributed by atoms with Crippen LogP contribution in [0.1, 0.15) is 46.2 Å². The highest BCUT2D eigenvalue weighted by Crippen LogP contribution is 2.31. The summed E-state index contributed by atoms with van der Waals surface area (Å²) in [6, 6.07) is 21.7. The van der Waals surface area contributed by atoms with Gasteiger partial charge in [0.05, 0.1) is 6.10 Å². The largest absolute Gasteiger partial charge is 0.393 e. The van der Waals surface area contributed by atoms with Crippen molar-refractivity contribution in [2.45, 2.75) is 52.3 Å². The lowest BCUT2D eigenvalue weighted by atomic mass is 9.92. The van der Waals surface area contributed by atoms with Crippen molar-refractivity contribution in [3.63, 3.8) is 0 Å². The SMILES string of the molecule is CC(CCC(C)C(C)O)CC(n1ccc2ccccc21)n1ccc2ccccc21. The Balaban J connectivity index is 1.68. The van der Waals surface area contributed by atoms with Crippen LogP contribution in [-0.4, -0.2) is 20.3 Å². The molecule has 0 fully saturated rings. The van der Waals surface area contributed by atoms with E-state index >= 15 is 0 Å². The highest BCUT2D eigenvalue weighted by molar-refractivity contribution is 5.81. The van der Waals surface area contributed by atoms with Crippen LogP contribution < -0.4 is 0 Å². The molecule has 0 bridgehead atoms. The van der Waals surface area contributed by atoms with E-state index in [4.69, 9.17) is 0 Å². The van der Waals surface area contributed by atoms with Gasteiger partial charge in [0, 0.05) is 23.4 Å². The molecule has 3 atom stereocenters. The van der Waals surface area contributed by atoms with E-state index in [0.29, 0.717) is 11.8 Å². The first kappa shape index (κ1) is 19.8. The lowest BCUT2D eigenvalue weighted by molar-refractivity contribution is 0.124. The van der Waals surface area contributed by atoms with Crippen LogP contribution in [0.5, 0.6) is 0 Å². The van der Waals surface area contributed by atoms with Crippen LogP contribution >= 0.6 is 0 Å². The maximum atomic E-state index is 9.84. The molecule has 29 heavy (non-hydrogen) atoms. The van der Waals surface area contributed by atoms with E-state index in [1.807, 2.05) is 6.92 Å². The van der Waals surface area contributed by atoms with Crippen molar-refractivity contribution in [1.29, 1.82) is 0 Å². The predicted octanol–water partition coefficient (Wildman–Crippen LogP) is 6.47. The molecule has 1 N–H and O–H groups in total. The molecule has 0 aliphatic heterocycles. The number of para-hydroxylation sites is 2. The Morgan fingerprint density at radius 2 is 1.24 bits per heavy atom. The van der Waals surface area contributed by atoms with E-state index in [1.54, 1.807) is 0 Å². The average molecular weight is 389 g/mol. The molecular formula is C26H32N2O. The average Bonchev–Trinajstić information content (AvgIpc) is 3.34. The molecule has 0 saturated carbocycles. The smallest absolute Gasteiger partial charge is 0.110 e. The van der Waals surface area contributed by atoms with Crippen molar-refractivity contribution in [2.75, 3.05) is 0 Å². The van der Waals surface area contributed by atoms with Gasteiger partial charge in [0.1, 0.15) is 6.17 Å². The zero-order valence-corrected chi connectivity index (χ0v) is 17.7. The van der Waals surface area contributed by atoms with E-state index in [-0.39, 0.29) is 12.3 Å². The van der Waals surface area contributed by atoms with Crippen molar-refractivity contribution < 1.29 is 5.11 Å². The molecule has 2 aromatic heterocycles. The standard InChI is InChI=1S/C26H32N2O/c1-19(12-13-20(2)21(3)29)18-26(27-16-14-22-8-4-6-10-24(22)27)28-17-15-23-9-5-7-11-25(23)28/h4-11,14-17,19-21,26,29H,12-13,18H2,1-3H3. The molecule has 0 aliphatic carbocycles. The van der Waals surface area contributed by atoms with Gasteiger partial charge in [-0.15, -0.1) is 0 Å². The normalized spacial score (nSPS) is 15.2. The van der Waals surface area contributed by atoms with Gasteiger partial charge in [0.2, 0.25) is 0 Å². The van der Waals surface area contributed by atoms with Crippen LogP contribution in [0, 0.1) is 11.8 Å². The van der Waals surface area contributed by atoms with E-state index in [9.17, 15) is 5.11 Å². The Bertz CT molecular complexity index is 1000. The van der Waals surface area contributed by atoms with E-state index in [0.717, 1.165) is 19.3 Å². The molecule has 3 unspecified atom stereocenters. The van der Waals surface area contributed by atoms with Gasteiger partial charge in [-0.2, -0.15) is 0 Å². The number of nitrogens with zero attached hydrogens (tertiary/aromatic N) is 2. The van der Waals surface area contributed by atoms with E-state index in [2.05, 4.69) is 96.0 Å². The molecule has 152 valence electrons. The van der Waals surface area contributed by atoms with E-state index < -0.39 is 0 Å². The van der Waals surface area contributed by atoms with Gasteiger partial charge in [0.15, 0.2) is 0 Å². The first-order chi connectivity index (χ1) is 14.0. The lowest BCUT2D eigenvalue weighted by Gasteiger charge is -2.27. The fourth-order valence-electron chi connectivity index (χ4n) is 4.36. The summed E-state index contributed by atoms with van der Waals surface area (Å²) < 4.78 is 4.85. The Hall–Kier alpha value is -2.52. The summed E-state index contributed by atoms with van der Waals surface area (Å²) in [5, 5.41) is 12.4. The van der Waals surface area contributed by atoms with Crippen molar-refractivity contribution in [3.8, 4) is 0 Å². The number of aliphatic hydroxyl groups is 1. The van der Waals surface area contributed by atoms with Crippen molar-refractivity contribution in [2.24, 2.45) is 11.8 Å². The number of hydrogen-bond donors (Lipinski definition) is 1. The predicted molar refractivity (Wildman–Crippen MR) is 122 cm³/mol. The third-order valence-electron chi connectivity index (χ3n) is 6.45. The molecule has 0 spiro atoms. The Kier molecular flexibility index (Phi) is 5.77. The van der Waals surface area contributed by atoms with Crippen LogP contribution in [0.3, 0.4) is 0 Å². The van der Waals surface area contributed by atoms with Gasteiger partial charge >= 0.3 is 0 Å². The number of fused-ring (bicyclic) bond motifs is 2. The molecule has 0 radical (unpaired) electrons. The third kappa shape index (κ3) is 4.11. The summed E-state index contributed by atoms with van der Waals surface area (Å²) in [6.45, 7) is 6.39. The fourth-order valence-corrected chi connectivity index (χ4v) is 4.36. The van der Waals surface area contributed by atoms with Gasteiger partial charge in [-0.1, -0.05) is 56.7 Å². The molecular weight excluding hydrogens is 356 g/mol. The second-order valence-corrected chi connectivity index (χ2v) is 8.68. The molecule has 0 saturated heterocycles. The minimum atomic E-state index is -0.236. The molecule has 3 heteroatoms. The molecule has 3 nitrogen and oxygen atoms in total. The zero-order valence-electron chi connectivity index (χ0n) is 17.7. The second kappa shape index (κ2) is 8.46. The monoisotopic (exact) mass is 388 g/mol. The zero-order chi connectivity index (χ0) is 20.4. The van der Waals surface area contributed by atoms with Crippen molar-refractivity contribution >= 4 is 21.8 Å². The molecule has 2 heterocycles. The topological polar surface area (TPSA) is 30.1 Å². The summed E-state index contributed by atoms with van der Waals surface area (Å²) >= 11 is 0. The summed E-state index contributed by atoms with van der Waals surface area (Å²) in [5.41, 5.74) is 2.56. The van der Waals surface area contributed by atoms with Gasteiger partial charge in [-0.05, 0) is 66.6 Å². The maximum absolute atomic E-state index is 9.84. The van der Waals surface area contributed by atoms with Crippen LogP contribution in [0.4, 0.5) is 0 Å². The van der Waals surface area contributed by atoms with Gasteiger partial charge in [0.25, 0.3) is 0 Å². The van der Waals surface area contributed by atoms with Crippen LogP contribution in [0.25, 0.3) is 21.8 Å². The molecule has 4 rings (SSSR count). The number of benzene rings is 2. The minimum Gasteiger partial charge on any atom is -0.393 e. The summed E-state index contributed by atoms with van der Waals surface area (Å²) in [5.74, 6) is 0.902. The highest BCUT2D eigenvalue weighted by atomic mass is 16.3. The van der Waals surface area contributed by atoms with Gasteiger partial charge < -0.3 is 14.2 Å². The number of rotatable bonds is 8. The fraction of sp³-hybridized carbons (Fsp3) is 0.385.